The highest BCUT2D eigenvalue weighted by Gasteiger charge is 2.20. The van der Waals surface area contributed by atoms with Crippen LogP contribution in [0.15, 0.2) is 66.7 Å². The van der Waals surface area contributed by atoms with Gasteiger partial charge in [-0.05, 0) is 28.0 Å². The molecule has 3 aromatic rings. The number of esters is 1. The van der Waals surface area contributed by atoms with Gasteiger partial charge in [0.2, 0.25) is 0 Å². The molecule has 3 N–H and O–H groups in total. The summed E-state index contributed by atoms with van der Waals surface area (Å²) >= 11 is 6.18. The molecule has 27 heavy (non-hydrogen) atoms. The van der Waals surface area contributed by atoms with Gasteiger partial charge in [0, 0.05) is 5.02 Å². The van der Waals surface area contributed by atoms with E-state index in [2.05, 4.69) is 5.32 Å². The molecule has 0 aliphatic heterocycles. The van der Waals surface area contributed by atoms with E-state index in [0.717, 1.165) is 16.3 Å². The molecule has 0 aromatic heterocycles. The van der Waals surface area contributed by atoms with Crippen LogP contribution < -0.4 is 11.1 Å². The Balaban J connectivity index is 1.71. The fourth-order valence-corrected chi connectivity index (χ4v) is 3.24. The van der Waals surface area contributed by atoms with E-state index >= 15 is 0 Å². The zero-order chi connectivity index (χ0) is 19.2. The summed E-state index contributed by atoms with van der Waals surface area (Å²) in [6, 6.07) is 19.3. The van der Waals surface area contributed by atoms with Crippen LogP contribution in [0.2, 0.25) is 5.02 Å². The highest BCUT2D eigenvalue weighted by Crippen LogP contribution is 2.26. The summed E-state index contributed by atoms with van der Waals surface area (Å²) in [7, 11) is 0. The van der Waals surface area contributed by atoms with E-state index in [1.54, 1.807) is 24.3 Å². The van der Waals surface area contributed by atoms with E-state index in [9.17, 15) is 9.59 Å². The second-order valence-corrected chi connectivity index (χ2v) is 6.49. The van der Waals surface area contributed by atoms with E-state index in [1.165, 1.54) is 0 Å². The second-order valence-electron chi connectivity index (χ2n) is 6.09. The van der Waals surface area contributed by atoms with Crippen molar-refractivity contribution in [2.75, 3.05) is 0 Å². The largest absolute Gasteiger partial charge is 0.461 e. The van der Waals surface area contributed by atoms with Crippen molar-refractivity contribution in [2.24, 2.45) is 5.73 Å². The Hall–Kier alpha value is -3.05. The summed E-state index contributed by atoms with van der Waals surface area (Å²) in [6.45, 7) is 0.145. The normalized spacial score (nSPS) is 11.7. The molecule has 0 aliphatic carbocycles. The van der Waals surface area contributed by atoms with E-state index in [4.69, 9.17) is 22.1 Å². The van der Waals surface area contributed by atoms with Crippen molar-refractivity contribution in [3.63, 3.8) is 0 Å². The molecule has 0 heterocycles. The van der Waals surface area contributed by atoms with Crippen LogP contribution in [-0.4, -0.2) is 12.0 Å². The highest BCUT2D eigenvalue weighted by atomic mass is 35.5. The number of nitrogens with two attached hydrogens (primary N) is 1. The zero-order valence-corrected chi connectivity index (χ0v) is 15.3. The van der Waals surface area contributed by atoms with E-state index in [1.807, 2.05) is 42.5 Å². The van der Waals surface area contributed by atoms with Crippen LogP contribution in [-0.2, 0) is 16.1 Å². The lowest BCUT2D eigenvalue weighted by molar-refractivity contribution is -0.145. The third kappa shape index (κ3) is 4.77. The van der Waals surface area contributed by atoms with Gasteiger partial charge in [0.15, 0.2) is 0 Å². The first-order valence-electron chi connectivity index (χ1n) is 8.47. The average molecular weight is 383 g/mol. The maximum Gasteiger partial charge on any atom is 0.312 e. The number of rotatable bonds is 6. The maximum atomic E-state index is 12.4. The van der Waals surface area contributed by atoms with E-state index < -0.39 is 18.0 Å². The quantitative estimate of drug-likeness (QED) is 0.622. The molecule has 1 atom stereocenters. The monoisotopic (exact) mass is 382 g/mol. The predicted molar refractivity (Wildman–Crippen MR) is 105 cm³/mol. The fourth-order valence-electron chi connectivity index (χ4n) is 2.97. The van der Waals surface area contributed by atoms with Crippen LogP contribution in [0.25, 0.3) is 10.8 Å². The first-order chi connectivity index (χ1) is 13.0. The lowest BCUT2D eigenvalue weighted by Crippen LogP contribution is -2.34. The summed E-state index contributed by atoms with van der Waals surface area (Å²) in [5.41, 5.74) is 6.77. The summed E-state index contributed by atoms with van der Waals surface area (Å²) in [6.07, 6.45) is -0.0720. The summed E-state index contributed by atoms with van der Waals surface area (Å²) in [5, 5.41) is 5.10. The molecule has 0 spiro atoms. The summed E-state index contributed by atoms with van der Waals surface area (Å²) in [4.78, 5) is 23.7. The molecular weight excluding hydrogens is 364 g/mol. The second kappa shape index (κ2) is 8.56. The van der Waals surface area contributed by atoms with E-state index in [0.29, 0.717) is 10.6 Å². The van der Waals surface area contributed by atoms with Crippen LogP contribution in [0.5, 0.6) is 0 Å². The van der Waals surface area contributed by atoms with Crippen molar-refractivity contribution in [1.82, 2.24) is 5.32 Å². The first-order valence-corrected chi connectivity index (χ1v) is 8.85. The van der Waals surface area contributed by atoms with Gasteiger partial charge in [-0.1, -0.05) is 72.3 Å². The zero-order valence-electron chi connectivity index (χ0n) is 14.5. The van der Waals surface area contributed by atoms with Crippen molar-refractivity contribution in [3.8, 4) is 0 Å². The number of hydrogen-bond donors (Lipinski definition) is 2. The number of primary amides is 1. The smallest absolute Gasteiger partial charge is 0.312 e. The molecule has 0 saturated carbocycles. The van der Waals surface area contributed by atoms with Gasteiger partial charge in [-0.3, -0.25) is 4.79 Å². The van der Waals surface area contributed by atoms with Crippen molar-refractivity contribution in [3.05, 3.63) is 82.9 Å². The number of carbonyl (C=O) groups is 2. The van der Waals surface area contributed by atoms with Crippen molar-refractivity contribution >= 4 is 34.4 Å². The van der Waals surface area contributed by atoms with Crippen LogP contribution in [0.1, 0.15) is 23.6 Å². The van der Waals surface area contributed by atoms with Gasteiger partial charge in [-0.15, -0.1) is 0 Å². The molecular formula is C21H19ClN2O3. The Kier molecular flexibility index (Phi) is 5.94. The molecule has 0 aliphatic rings. The number of urea groups is 1. The van der Waals surface area contributed by atoms with Crippen molar-refractivity contribution in [1.29, 1.82) is 0 Å². The molecule has 0 fully saturated rings. The van der Waals surface area contributed by atoms with Crippen LogP contribution >= 0.6 is 11.6 Å². The third-order valence-corrected chi connectivity index (χ3v) is 4.58. The van der Waals surface area contributed by atoms with Crippen LogP contribution in [0.3, 0.4) is 0 Å². The number of benzene rings is 3. The summed E-state index contributed by atoms with van der Waals surface area (Å²) < 4.78 is 5.44. The van der Waals surface area contributed by atoms with E-state index in [-0.39, 0.29) is 13.0 Å². The Morgan fingerprint density at radius 1 is 1.00 bits per heavy atom. The lowest BCUT2D eigenvalue weighted by atomic mass is 10.0. The van der Waals surface area contributed by atoms with Crippen LogP contribution in [0.4, 0.5) is 4.79 Å². The van der Waals surface area contributed by atoms with Crippen molar-refractivity contribution < 1.29 is 14.3 Å². The highest BCUT2D eigenvalue weighted by molar-refractivity contribution is 6.31. The minimum absolute atomic E-state index is 0.0720. The number of nitrogens with one attached hydrogen (secondary N) is 1. The number of amides is 2. The van der Waals surface area contributed by atoms with Crippen molar-refractivity contribution in [2.45, 2.75) is 19.1 Å². The van der Waals surface area contributed by atoms with Gasteiger partial charge in [0.25, 0.3) is 0 Å². The van der Waals surface area contributed by atoms with Gasteiger partial charge in [0.05, 0.1) is 12.5 Å². The molecule has 0 saturated heterocycles. The SMILES string of the molecule is NC(=O)N[C@@H](CC(=O)OCc1cccc2ccccc12)c1ccccc1Cl. The topological polar surface area (TPSA) is 81.4 Å². The molecule has 3 aromatic carbocycles. The average Bonchev–Trinajstić information content (AvgIpc) is 2.66. The molecule has 0 bridgehead atoms. The maximum absolute atomic E-state index is 12.4. The Morgan fingerprint density at radius 2 is 1.70 bits per heavy atom. The number of fused-ring (bicyclic) bond motifs is 1. The van der Waals surface area contributed by atoms with Crippen LogP contribution in [0, 0.1) is 0 Å². The number of hydrogen-bond acceptors (Lipinski definition) is 3. The number of ether oxygens (including phenoxy) is 1. The fraction of sp³-hybridized carbons (Fsp3) is 0.143. The Bertz CT molecular complexity index is 969. The standard InChI is InChI=1S/C21H19ClN2O3/c22-18-11-4-3-10-17(18)19(24-21(23)26)12-20(25)27-13-15-8-5-7-14-6-1-2-9-16(14)15/h1-11,19H,12-13H2,(H3,23,24,26)/t19-/m0/s1. The molecule has 0 unspecified atom stereocenters. The Labute approximate surface area is 162 Å². The van der Waals surface area contributed by atoms with Gasteiger partial charge < -0.3 is 15.8 Å². The van der Waals surface area contributed by atoms with Gasteiger partial charge >= 0.3 is 12.0 Å². The molecule has 2 amide bonds. The molecule has 5 nitrogen and oxygen atoms in total. The molecule has 138 valence electrons. The number of halogens is 1. The molecule has 3 rings (SSSR count). The first kappa shape index (κ1) is 18.7. The van der Waals surface area contributed by atoms with Gasteiger partial charge in [0.1, 0.15) is 6.61 Å². The minimum Gasteiger partial charge on any atom is -0.461 e. The third-order valence-electron chi connectivity index (χ3n) is 4.24. The Morgan fingerprint density at radius 3 is 2.48 bits per heavy atom. The number of carbonyl (C=O) groups excluding carboxylic acids is 2. The molecule has 0 radical (unpaired) electrons. The van der Waals surface area contributed by atoms with Gasteiger partial charge in [-0.2, -0.15) is 0 Å². The van der Waals surface area contributed by atoms with Gasteiger partial charge in [-0.25, -0.2) is 4.79 Å². The summed E-state index contributed by atoms with van der Waals surface area (Å²) in [5.74, 6) is -0.457. The minimum atomic E-state index is -0.734. The predicted octanol–water partition coefficient (Wildman–Crippen LogP) is 4.34. The molecule has 6 heteroatoms. The lowest BCUT2D eigenvalue weighted by Gasteiger charge is -2.18.